The summed E-state index contributed by atoms with van der Waals surface area (Å²) in [5, 5.41) is 10.8. The molecule has 2 N–H and O–H groups in total. The average Bonchev–Trinajstić information content (AvgIpc) is 2.67. The quantitative estimate of drug-likeness (QED) is 0.347. The van der Waals surface area contributed by atoms with Crippen molar-refractivity contribution in [1.82, 2.24) is 0 Å². The van der Waals surface area contributed by atoms with Crippen LogP contribution in [0.2, 0.25) is 5.02 Å². The first-order valence-electron chi connectivity index (χ1n) is 9.65. The van der Waals surface area contributed by atoms with Crippen molar-refractivity contribution in [3.63, 3.8) is 0 Å². The Morgan fingerprint density at radius 1 is 1.13 bits per heavy atom. The number of thioether (sulfide) groups is 1. The fourth-order valence-electron chi connectivity index (χ4n) is 2.57. The number of aliphatic hydroxyl groups excluding tert-OH is 1. The molecule has 0 aromatic heterocycles. The number of benzene rings is 2. The van der Waals surface area contributed by atoms with Crippen molar-refractivity contribution in [1.29, 1.82) is 0 Å². The van der Waals surface area contributed by atoms with Crippen LogP contribution in [0.25, 0.3) is 0 Å². The van der Waals surface area contributed by atoms with E-state index in [1.807, 2.05) is 0 Å². The van der Waals surface area contributed by atoms with Crippen LogP contribution in [0.4, 0.5) is 18.9 Å². The summed E-state index contributed by atoms with van der Waals surface area (Å²) in [7, 11) is 0. The van der Waals surface area contributed by atoms with Crippen LogP contribution in [0, 0.1) is 23.4 Å². The third-order valence-electron chi connectivity index (χ3n) is 3.92. The van der Waals surface area contributed by atoms with Gasteiger partial charge in [-0.25, -0.2) is 13.2 Å². The third kappa shape index (κ3) is 8.20. The summed E-state index contributed by atoms with van der Waals surface area (Å²) in [5.74, 6) is -4.32. The van der Waals surface area contributed by atoms with Crippen LogP contribution in [0.3, 0.4) is 0 Å². The minimum atomic E-state index is -1.58. The van der Waals surface area contributed by atoms with Gasteiger partial charge in [-0.2, -0.15) is 0 Å². The van der Waals surface area contributed by atoms with E-state index in [1.165, 1.54) is 6.07 Å². The molecular formula is C22H27ClF3NO2S. The minimum Gasteiger partial charge on any atom is -0.397 e. The first kappa shape index (κ1) is 26.3. The highest BCUT2D eigenvalue weighted by molar-refractivity contribution is 8.00. The standard InChI is InChI=1S/C20H21ClF3NOS.C2H6O/c1-4-14(7-11(2)3)27-18-8-12(5-6-15(18)21)20(26)25-13-9-16(22)19(24)17(23)10-13;1-2-3/h5-6,8-11,14H,4,7H2,1-3H3,(H,25,26);3H,2H2,1H3. The van der Waals surface area contributed by atoms with Gasteiger partial charge in [0, 0.05) is 40.1 Å². The monoisotopic (exact) mass is 461 g/mol. The Labute approximate surface area is 185 Å². The second-order valence-electron chi connectivity index (χ2n) is 6.95. The molecular weight excluding hydrogens is 435 g/mol. The summed E-state index contributed by atoms with van der Waals surface area (Å²) in [4.78, 5) is 13.2. The molecule has 0 saturated carbocycles. The number of carbonyl (C=O) groups is 1. The smallest absolute Gasteiger partial charge is 0.255 e. The Morgan fingerprint density at radius 3 is 2.20 bits per heavy atom. The summed E-state index contributed by atoms with van der Waals surface area (Å²) in [6, 6.07) is 6.27. The number of hydrogen-bond donors (Lipinski definition) is 2. The molecule has 0 fully saturated rings. The molecule has 0 aliphatic carbocycles. The van der Waals surface area contributed by atoms with Gasteiger partial charge < -0.3 is 10.4 Å². The summed E-state index contributed by atoms with van der Waals surface area (Å²) < 4.78 is 39.7. The molecule has 3 nitrogen and oxygen atoms in total. The van der Waals surface area contributed by atoms with E-state index < -0.39 is 23.4 Å². The molecule has 30 heavy (non-hydrogen) atoms. The van der Waals surface area contributed by atoms with E-state index >= 15 is 0 Å². The zero-order valence-corrected chi connectivity index (χ0v) is 19.0. The second kappa shape index (κ2) is 12.9. The average molecular weight is 462 g/mol. The lowest BCUT2D eigenvalue weighted by Crippen LogP contribution is -2.13. The Hall–Kier alpha value is -1.70. The van der Waals surface area contributed by atoms with Crippen molar-refractivity contribution in [3.8, 4) is 0 Å². The number of rotatable bonds is 7. The fraction of sp³-hybridized carbons (Fsp3) is 0.409. The Kier molecular flexibility index (Phi) is 11.3. The Balaban J connectivity index is 0.00000141. The molecule has 0 spiro atoms. The molecule has 0 aliphatic heterocycles. The van der Waals surface area contributed by atoms with Crippen LogP contribution in [-0.4, -0.2) is 22.9 Å². The van der Waals surface area contributed by atoms with Crippen molar-refractivity contribution in [3.05, 3.63) is 58.4 Å². The Bertz CT molecular complexity index is 826. The van der Waals surface area contributed by atoms with Crippen molar-refractivity contribution in [2.24, 2.45) is 5.92 Å². The van der Waals surface area contributed by atoms with E-state index in [4.69, 9.17) is 16.7 Å². The molecule has 0 radical (unpaired) electrons. The number of halogens is 4. The lowest BCUT2D eigenvalue weighted by atomic mass is 10.1. The number of aliphatic hydroxyl groups is 1. The molecule has 1 amide bonds. The van der Waals surface area contributed by atoms with Crippen molar-refractivity contribution in [2.75, 3.05) is 11.9 Å². The van der Waals surface area contributed by atoms with E-state index in [0.29, 0.717) is 21.8 Å². The summed E-state index contributed by atoms with van der Waals surface area (Å²) in [6.07, 6.45) is 1.98. The lowest BCUT2D eigenvalue weighted by molar-refractivity contribution is 0.102. The number of hydrogen-bond acceptors (Lipinski definition) is 3. The number of carbonyl (C=O) groups excluding carboxylic acids is 1. The van der Waals surface area contributed by atoms with Crippen LogP contribution in [-0.2, 0) is 0 Å². The highest BCUT2D eigenvalue weighted by atomic mass is 35.5. The largest absolute Gasteiger partial charge is 0.397 e. The molecule has 1 unspecified atom stereocenters. The number of amides is 1. The highest BCUT2D eigenvalue weighted by Gasteiger charge is 2.16. The maximum atomic E-state index is 13.3. The van der Waals surface area contributed by atoms with Crippen LogP contribution in [0.1, 0.15) is 50.9 Å². The second-order valence-corrected chi connectivity index (χ2v) is 8.70. The topological polar surface area (TPSA) is 49.3 Å². The van der Waals surface area contributed by atoms with E-state index in [0.717, 1.165) is 29.9 Å². The molecule has 8 heteroatoms. The molecule has 0 saturated heterocycles. The van der Waals surface area contributed by atoms with Gasteiger partial charge in [0.2, 0.25) is 0 Å². The van der Waals surface area contributed by atoms with Gasteiger partial charge in [0.1, 0.15) is 0 Å². The third-order valence-corrected chi connectivity index (χ3v) is 5.81. The highest BCUT2D eigenvalue weighted by Crippen LogP contribution is 2.35. The summed E-state index contributed by atoms with van der Waals surface area (Å²) in [6.45, 7) is 8.33. The van der Waals surface area contributed by atoms with E-state index in [9.17, 15) is 18.0 Å². The predicted octanol–water partition coefficient (Wildman–Crippen LogP) is 6.93. The van der Waals surface area contributed by atoms with Crippen LogP contribution >= 0.6 is 23.4 Å². The predicted molar refractivity (Wildman–Crippen MR) is 118 cm³/mol. The van der Waals surface area contributed by atoms with Gasteiger partial charge in [-0.15, -0.1) is 11.8 Å². The maximum Gasteiger partial charge on any atom is 0.255 e. The van der Waals surface area contributed by atoms with Crippen LogP contribution < -0.4 is 5.32 Å². The molecule has 0 bridgehead atoms. The SMILES string of the molecule is CCC(CC(C)C)Sc1cc(C(=O)Nc2cc(F)c(F)c(F)c2)ccc1Cl.CCO. The molecule has 1 atom stereocenters. The van der Waals surface area contributed by atoms with E-state index in [1.54, 1.807) is 30.8 Å². The van der Waals surface area contributed by atoms with Gasteiger partial charge in [0.05, 0.1) is 5.02 Å². The van der Waals surface area contributed by atoms with Gasteiger partial charge in [-0.1, -0.05) is 32.4 Å². The lowest BCUT2D eigenvalue weighted by Gasteiger charge is -2.18. The molecule has 2 rings (SSSR count). The number of anilines is 1. The van der Waals surface area contributed by atoms with Crippen LogP contribution in [0.5, 0.6) is 0 Å². The Morgan fingerprint density at radius 2 is 1.70 bits per heavy atom. The van der Waals surface area contributed by atoms with Gasteiger partial charge in [0.15, 0.2) is 17.5 Å². The zero-order valence-electron chi connectivity index (χ0n) is 17.4. The number of nitrogens with one attached hydrogen (secondary N) is 1. The van der Waals surface area contributed by atoms with Gasteiger partial charge in [-0.3, -0.25) is 4.79 Å². The minimum absolute atomic E-state index is 0.160. The van der Waals surface area contributed by atoms with Crippen molar-refractivity contribution < 1.29 is 23.1 Å². The zero-order chi connectivity index (χ0) is 22.8. The maximum absolute atomic E-state index is 13.3. The molecule has 2 aromatic carbocycles. The fourth-order valence-corrected chi connectivity index (χ4v) is 4.20. The van der Waals surface area contributed by atoms with E-state index in [2.05, 4.69) is 26.1 Å². The van der Waals surface area contributed by atoms with Crippen molar-refractivity contribution >= 4 is 35.0 Å². The molecule has 2 aromatic rings. The van der Waals surface area contributed by atoms with Gasteiger partial charge in [0.25, 0.3) is 5.91 Å². The molecule has 0 heterocycles. The first-order valence-corrected chi connectivity index (χ1v) is 10.9. The van der Waals surface area contributed by atoms with Gasteiger partial charge >= 0.3 is 0 Å². The molecule has 166 valence electrons. The normalized spacial score (nSPS) is 11.7. The summed E-state index contributed by atoms with van der Waals surface area (Å²) >= 11 is 7.87. The summed E-state index contributed by atoms with van der Waals surface area (Å²) in [5.41, 5.74) is 0.137. The van der Waals surface area contributed by atoms with Crippen LogP contribution in [0.15, 0.2) is 35.2 Å². The molecule has 0 aliphatic rings. The first-order chi connectivity index (χ1) is 14.1. The van der Waals surface area contributed by atoms with Gasteiger partial charge in [-0.05, 0) is 43.9 Å². The van der Waals surface area contributed by atoms with Crippen molar-refractivity contribution in [2.45, 2.75) is 50.7 Å². The van der Waals surface area contributed by atoms with E-state index in [-0.39, 0.29) is 12.3 Å².